The van der Waals surface area contributed by atoms with Crippen LogP contribution in [0.25, 0.3) is 15.8 Å². The topological polar surface area (TPSA) is 60.4 Å². The minimum atomic E-state index is 0.335. The Morgan fingerprint density at radius 2 is 1.78 bits per heavy atom. The van der Waals surface area contributed by atoms with Gasteiger partial charge in [0.1, 0.15) is 11.6 Å². The van der Waals surface area contributed by atoms with Crippen LogP contribution in [-0.2, 0) is 17.9 Å². The fraction of sp³-hybridized carbons (Fsp3) is 0.240. The predicted octanol–water partition coefficient (Wildman–Crippen LogP) is 4.56. The second kappa shape index (κ2) is 9.56. The molecule has 6 nitrogen and oxygen atoms in total. The van der Waals surface area contributed by atoms with Gasteiger partial charge in [-0.3, -0.25) is 4.90 Å². The van der Waals surface area contributed by atoms with Gasteiger partial charge < -0.3 is 9.47 Å². The van der Waals surface area contributed by atoms with E-state index < -0.39 is 0 Å². The van der Waals surface area contributed by atoms with Gasteiger partial charge in [-0.1, -0.05) is 43.0 Å². The lowest BCUT2D eigenvalue weighted by atomic mass is 10.1. The van der Waals surface area contributed by atoms with Crippen LogP contribution in [0.1, 0.15) is 21.8 Å². The zero-order chi connectivity index (χ0) is 21.8. The maximum Gasteiger partial charge on any atom is 0.317 e. The number of nitrogens with zero attached hydrogens (tertiary/aromatic N) is 4. The van der Waals surface area contributed by atoms with E-state index >= 15 is 0 Å². The van der Waals surface area contributed by atoms with Crippen LogP contribution in [0.2, 0.25) is 0 Å². The van der Waals surface area contributed by atoms with Crippen LogP contribution in [0.4, 0.5) is 0 Å². The number of para-hydroxylation sites is 1. The van der Waals surface area contributed by atoms with Gasteiger partial charge in [-0.05, 0) is 29.3 Å². The molecule has 3 heterocycles. The van der Waals surface area contributed by atoms with E-state index in [0.29, 0.717) is 12.6 Å². The van der Waals surface area contributed by atoms with Crippen molar-refractivity contribution in [2.24, 2.45) is 0 Å². The standard InChI is InChI=1S/C25H24N4O2S/c1-18(24-27-22-4-2-3-5-23(22)32-24)21-10-11-26-25(28-21)31-17-20-8-6-19(7-9-20)16-29-12-14-30-15-13-29/h2-11H,1,12-17H2. The lowest BCUT2D eigenvalue weighted by Gasteiger charge is -2.26. The van der Waals surface area contributed by atoms with Gasteiger partial charge in [0, 0.05) is 31.4 Å². The number of hydrogen-bond donors (Lipinski definition) is 0. The lowest BCUT2D eigenvalue weighted by Crippen LogP contribution is -2.35. The minimum absolute atomic E-state index is 0.335. The molecule has 0 aliphatic carbocycles. The first kappa shape index (κ1) is 20.8. The van der Waals surface area contributed by atoms with E-state index in [1.807, 2.05) is 24.3 Å². The Balaban J connectivity index is 1.21. The van der Waals surface area contributed by atoms with Gasteiger partial charge in [-0.25, -0.2) is 9.97 Å². The largest absolute Gasteiger partial charge is 0.459 e. The molecule has 1 fully saturated rings. The second-order valence-corrected chi connectivity index (χ2v) is 8.71. The fourth-order valence-corrected chi connectivity index (χ4v) is 4.54. The van der Waals surface area contributed by atoms with Crippen molar-refractivity contribution in [1.29, 1.82) is 0 Å². The molecule has 5 rings (SSSR count). The van der Waals surface area contributed by atoms with Crippen molar-refractivity contribution in [2.75, 3.05) is 26.3 Å². The zero-order valence-corrected chi connectivity index (χ0v) is 18.6. The molecule has 2 aromatic carbocycles. The molecule has 32 heavy (non-hydrogen) atoms. The summed E-state index contributed by atoms with van der Waals surface area (Å²) in [5.41, 5.74) is 4.83. The first-order valence-corrected chi connectivity index (χ1v) is 11.5. The van der Waals surface area contributed by atoms with E-state index in [2.05, 4.69) is 56.8 Å². The Morgan fingerprint density at radius 3 is 2.59 bits per heavy atom. The number of ether oxygens (including phenoxy) is 2. The van der Waals surface area contributed by atoms with Gasteiger partial charge in [0.2, 0.25) is 0 Å². The first-order valence-electron chi connectivity index (χ1n) is 10.6. The fourth-order valence-electron chi connectivity index (χ4n) is 3.60. The maximum atomic E-state index is 5.86. The van der Waals surface area contributed by atoms with E-state index in [9.17, 15) is 0 Å². The molecule has 1 saturated heterocycles. The second-order valence-electron chi connectivity index (χ2n) is 7.68. The molecule has 4 aromatic rings. The highest BCUT2D eigenvalue weighted by Crippen LogP contribution is 2.29. The molecule has 0 N–H and O–H groups in total. The highest BCUT2D eigenvalue weighted by atomic mass is 32.1. The summed E-state index contributed by atoms with van der Waals surface area (Å²) in [4.78, 5) is 15.9. The van der Waals surface area contributed by atoms with Crippen LogP contribution in [0.3, 0.4) is 0 Å². The molecule has 162 valence electrons. The number of rotatable bonds is 7. The molecule has 0 unspecified atom stereocenters. The molecule has 1 aliphatic rings. The summed E-state index contributed by atoms with van der Waals surface area (Å²) < 4.78 is 12.4. The molecule has 0 spiro atoms. The van der Waals surface area contributed by atoms with E-state index in [1.165, 1.54) is 5.56 Å². The normalized spacial score (nSPS) is 14.5. The quantitative estimate of drug-likeness (QED) is 0.417. The summed E-state index contributed by atoms with van der Waals surface area (Å²) in [7, 11) is 0. The van der Waals surface area contributed by atoms with Crippen LogP contribution in [0.5, 0.6) is 6.01 Å². The average molecular weight is 445 g/mol. The first-order chi connectivity index (χ1) is 15.7. The zero-order valence-electron chi connectivity index (χ0n) is 17.7. The van der Waals surface area contributed by atoms with Gasteiger partial charge in [-0.2, -0.15) is 4.98 Å². The van der Waals surface area contributed by atoms with Gasteiger partial charge in [0.15, 0.2) is 0 Å². The van der Waals surface area contributed by atoms with E-state index in [4.69, 9.17) is 9.47 Å². The third-order valence-corrected chi connectivity index (χ3v) is 6.49. The van der Waals surface area contributed by atoms with Crippen molar-refractivity contribution in [1.82, 2.24) is 19.9 Å². The number of hydrogen-bond acceptors (Lipinski definition) is 7. The van der Waals surface area contributed by atoms with Gasteiger partial charge in [0.05, 0.1) is 29.1 Å². The van der Waals surface area contributed by atoms with Crippen molar-refractivity contribution in [3.05, 3.63) is 89.2 Å². The van der Waals surface area contributed by atoms with Crippen LogP contribution in [0.15, 0.2) is 67.4 Å². The number of thiazole rings is 1. The Hall–Kier alpha value is -3.13. The predicted molar refractivity (Wildman–Crippen MR) is 127 cm³/mol. The van der Waals surface area contributed by atoms with Crippen LogP contribution >= 0.6 is 11.3 Å². The minimum Gasteiger partial charge on any atom is -0.459 e. The summed E-state index contributed by atoms with van der Waals surface area (Å²) in [6.45, 7) is 9.16. The molecular weight excluding hydrogens is 420 g/mol. The van der Waals surface area contributed by atoms with Gasteiger partial charge >= 0.3 is 6.01 Å². The Labute approximate surface area is 191 Å². The highest BCUT2D eigenvalue weighted by Gasteiger charge is 2.12. The average Bonchev–Trinajstić information content (AvgIpc) is 3.28. The Kier molecular flexibility index (Phi) is 6.20. The molecule has 0 amide bonds. The van der Waals surface area contributed by atoms with Crippen molar-refractivity contribution in [2.45, 2.75) is 13.2 Å². The third kappa shape index (κ3) is 4.85. The van der Waals surface area contributed by atoms with E-state index in [1.54, 1.807) is 17.5 Å². The molecule has 2 aromatic heterocycles. The number of morpholine rings is 1. The molecule has 0 radical (unpaired) electrons. The number of fused-ring (bicyclic) bond motifs is 1. The molecule has 1 aliphatic heterocycles. The summed E-state index contributed by atoms with van der Waals surface area (Å²) in [6.07, 6.45) is 1.70. The van der Waals surface area contributed by atoms with Gasteiger partial charge in [-0.15, -0.1) is 11.3 Å². The van der Waals surface area contributed by atoms with Gasteiger partial charge in [0.25, 0.3) is 0 Å². The Morgan fingerprint density at radius 1 is 1.00 bits per heavy atom. The monoisotopic (exact) mass is 444 g/mol. The Bertz CT molecular complexity index is 1180. The van der Waals surface area contributed by atoms with Crippen molar-refractivity contribution in [3.63, 3.8) is 0 Å². The molecular formula is C25H24N4O2S. The molecule has 0 bridgehead atoms. The number of aromatic nitrogens is 3. The van der Waals surface area contributed by atoms with Crippen molar-refractivity contribution >= 4 is 27.1 Å². The SMILES string of the molecule is C=C(c1ccnc(OCc2ccc(CN3CCOCC3)cc2)n1)c1nc2ccccc2s1. The molecule has 7 heteroatoms. The van der Waals surface area contributed by atoms with Crippen molar-refractivity contribution in [3.8, 4) is 6.01 Å². The van der Waals surface area contributed by atoms with E-state index in [0.717, 1.165) is 64.9 Å². The summed E-state index contributed by atoms with van der Waals surface area (Å²) in [5.74, 6) is 0. The van der Waals surface area contributed by atoms with Crippen LogP contribution in [-0.4, -0.2) is 46.2 Å². The summed E-state index contributed by atoms with van der Waals surface area (Å²) in [6, 6.07) is 18.7. The lowest BCUT2D eigenvalue weighted by molar-refractivity contribution is 0.0342. The maximum absolute atomic E-state index is 5.86. The highest BCUT2D eigenvalue weighted by molar-refractivity contribution is 7.19. The summed E-state index contributed by atoms with van der Waals surface area (Å²) in [5, 5.41) is 0.853. The third-order valence-electron chi connectivity index (χ3n) is 5.40. The molecule has 0 saturated carbocycles. The molecule has 0 atom stereocenters. The van der Waals surface area contributed by atoms with E-state index in [-0.39, 0.29) is 0 Å². The number of benzene rings is 2. The van der Waals surface area contributed by atoms with Crippen molar-refractivity contribution < 1.29 is 9.47 Å². The van der Waals surface area contributed by atoms with Crippen LogP contribution in [0, 0.1) is 0 Å². The van der Waals surface area contributed by atoms with Crippen LogP contribution < -0.4 is 4.74 Å². The summed E-state index contributed by atoms with van der Waals surface area (Å²) >= 11 is 1.61. The smallest absolute Gasteiger partial charge is 0.317 e.